The number of hydrogen-bond donors (Lipinski definition) is 1. The Kier molecular flexibility index (Phi) is 5.32. The second-order valence-electron chi connectivity index (χ2n) is 5.40. The van der Waals surface area contributed by atoms with Gasteiger partial charge in [0.1, 0.15) is 5.76 Å². The number of halogens is 3. The molecule has 1 aromatic heterocycles. The van der Waals surface area contributed by atoms with Crippen LogP contribution in [0.2, 0.25) is 0 Å². The van der Waals surface area contributed by atoms with Crippen molar-refractivity contribution in [1.82, 2.24) is 5.16 Å². The highest BCUT2D eigenvalue weighted by atomic mass is 32.2. The average Bonchev–Trinajstić information content (AvgIpc) is 3.06. The van der Waals surface area contributed by atoms with Gasteiger partial charge in [0.2, 0.25) is 0 Å². The fourth-order valence-corrected chi connectivity index (χ4v) is 3.15. The maximum Gasteiger partial charge on any atom is 0.256 e. The fraction of sp³-hybridized carbons (Fsp3) is 0.111. The largest absolute Gasteiger partial charge is 0.360 e. The predicted molar refractivity (Wildman–Crippen MR) is 91.5 cm³/mol. The van der Waals surface area contributed by atoms with Crippen LogP contribution in [0.15, 0.2) is 51.9 Å². The summed E-state index contributed by atoms with van der Waals surface area (Å²) in [6.07, 6.45) is 0. The lowest BCUT2D eigenvalue weighted by Gasteiger charge is -2.10. The van der Waals surface area contributed by atoms with Gasteiger partial charge in [0.25, 0.3) is 5.91 Å². The van der Waals surface area contributed by atoms with Crippen LogP contribution in [0.1, 0.15) is 21.8 Å². The Balaban J connectivity index is 1.78. The number of aryl methyl sites for hydroxylation is 1. The highest BCUT2D eigenvalue weighted by Crippen LogP contribution is 2.28. The zero-order chi connectivity index (χ0) is 18.7. The molecule has 0 saturated heterocycles. The molecule has 8 heteroatoms. The van der Waals surface area contributed by atoms with E-state index in [9.17, 15) is 18.0 Å². The van der Waals surface area contributed by atoms with Crippen molar-refractivity contribution < 1.29 is 22.5 Å². The SMILES string of the molecule is Cc1cc(CSc2ccccc2C(=O)Nc2ccc(F)c(F)c2F)on1. The van der Waals surface area contributed by atoms with Gasteiger partial charge in [-0.3, -0.25) is 4.79 Å². The summed E-state index contributed by atoms with van der Waals surface area (Å²) in [5.74, 6) is -3.93. The molecular weight excluding hydrogens is 365 g/mol. The Morgan fingerprint density at radius 2 is 1.92 bits per heavy atom. The summed E-state index contributed by atoms with van der Waals surface area (Å²) in [7, 11) is 0. The molecule has 0 aliphatic heterocycles. The first-order valence-electron chi connectivity index (χ1n) is 7.54. The summed E-state index contributed by atoms with van der Waals surface area (Å²) in [4.78, 5) is 13.1. The van der Waals surface area contributed by atoms with Gasteiger partial charge in [-0.2, -0.15) is 0 Å². The van der Waals surface area contributed by atoms with Crippen LogP contribution in [0, 0.1) is 24.4 Å². The topological polar surface area (TPSA) is 55.1 Å². The van der Waals surface area contributed by atoms with Crippen molar-refractivity contribution in [2.24, 2.45) is 0 Å². The number of aromatic nitrogens is 1. The molecule has 1 heterocycles. The molecule has 0 unspecified atom stereocenters. The molecule has 0 saturated carbocycles. The molecule has 3 aromatic rings. The number of anilines is 1. The Hall–Kier alpha value is -2.74. The smallest absolute Gasteiger partial charge is 0.256 e. The molecule has 0 radical (unpaired) electrons. The lowest BCUT2D eigenvalue weighted by Crippen LogP contribution is -2.14. The summed E-state index contributed by atoms with van der Waals surface area (Å²) in [6.45, 7) is 1.80. The number of carbonyl (C=O) groups is 1. The van der Waals surface area contributed by atoms with Crippen LogP contribution in [0.25, 0.3) is 0 Å². The summed E-state index contributed by atoms with van der Waals surface area (Å²) >= 11 is 1.34. The Morgan fingerprint density at radius 3 is 2.65 bits per heavy atom. The van der Waals surface area contributed by atoms with Crippen LogP contribution in [0.4, 0.5) is 18.9 Å². The van der Waals surface area contributed by atoms with Crippen LogP contribution in [0.3, 0.4) is 0 Å². The highest BCUT2D eigenvalue weighted by Gasteiger charge is 2.18. The molecule has 4 nitrogen and oxygen atoms in total. The van der Waals surface area contributed by atoms with Gasteiger partial charge in [-0.15, -0.1) is 11.8 Å². The second kappa shape index (κ2) is 7.65. The minimum absolute atomic E-state index is 0.276. The van der Waals surface area contributed by atoms with Crippen molar-refractivity contribution in [3.63, 3.8) is 0 Å². The highest BCUT2D eigenvalue weighted by molar-refractivity contribution is 7.98. The van der Waals surface area contributed by atoms with E-state index in [1.54, 1.807) is 37.3 Å². The van der Waals surface area contributed by atoms with Crippen molar-refractivity contribution in [2.45, 2.75) is 17.6 Å². The van der Waals surface area contributed by atoms with Crippen molar-refractivity contribution >= 4 is 23.4 Å². The first-order chi connectivity index (χ1) is 12.5. The third kappa shape index (κ3) is 3.91. The third-order valence-electron chi connectivity index (χ3n) is 3.46. The molecule has 0 fully saturated rings. The number of rotatable bonds is 5. The van der Waals surface area contributed by atoms with Crippen LogP contribution >= 0.6 is 11.8 Å². The first-order valence-corrected chi connectivity index (χ1v) is 8.53. The van der Waals surface area contributed by atoms with Gasteiger partial charge in [0.05, 0.1) is 22.7 Å². The van der Waals surface area contributed by atoms with Crippen molar-refractivity contribution in [2.75, 3.05) is 5.32 Å². The van der Waals surface area contributed by atoms with Crippen LogP contribution in [0.5, 0.6) is 0 Å². The maximum atomic E-state index is 13.8. The molecule has 1 amide bonds. The molecule has 0 aliphatic rings. The van der Waals surface area contributed by atoms with Crippen LogP contribution in [-0.2, 0) is 5.75 Å². The lowest BCUT2D eigenvalue weighted by molar-refractivity contribution is 0.102. The summed E-state index contributed by atoms with van der Waals surface area (Å²) in [5, 5.41) is 6.06. The maximum absolute atomic E-state index is 13.8. The first kappa shape index (κ1) is 18.1. The molecule has 134 valence electrons. The van der Waals surface area contributed by atoms with Gasteiger partial charge in [-0.1, -0.05) is 17.3 Å². The molecule has 3 rings (SSSR count). The number of carbonyl (C=O) groups excluding carboxylic acids is 1. The second-order valence-corrected chi connectivity index (χ2v) is 6.41. The summed E-state index contributed by atoms with van der Waals surface area (Å²) < 4.78 is 45.2. The lowest BCUT2D eigenvalue weighted by atomic mass is 10.2. The number of nitrogens with zero attached hydrogens (tertiary/aromatic N) is 1. The van der Waals surface area contributed by atoms with Gasteiger partial charge in [0.15, 0.2) is 17.5 Å². The van der Waals surface area contributed by atoms with E-state index in [1.165, 1.54) is 11.8 Å². The van der Waals surface area contributed by atoms with E-state index < -0.39 is 29.0 Å². The quantitative estimate of drug-likeness (QED) is 0.504. The standard InChI is InChI=1S/C18H13F3N2O2S/c1-10-8-11(25-23-10)9-26-15-5-3-2-4-12(15)18(24)22-14-7-6-13(19)16(20)17(14)21/h2-8H,9H2,1H3,(H,22,24). The molecule has 26 heavy (non-hydrogen) atoms. The number of benzene rings is 2. The molecule has 0 atom stereocenters. The van der Waals surface area contributed by atoms with Gasteiger partial charge in [-0.05, 0) is 31.2 Å². The molecule has 0 aliphatic carbocycles. The van der Waals surface area contributed by atoms with Crippen LogP contribution < -0.4 is 5.32 Å². The van der Waals surface area contributed by atoms with Crippen molar-refractivity contribution in [1.29, 1.82) is 0 Å². The zero-order valence-corrected chi connectivity index (χ0v) is 14.4. The molecular formula is C18H13F3N2O2S. The molecule has 2 aromatic carbocycles. The monoisotopic (exact) mass is 378 g/mol. The Morgan fingerprint density at radius 1 is 1.15 bits per heavy atom. The minimum atomic E-state index is -1.63. The van der Waals surface area contributed by atoms with E-state index in [2.05, 4.69) is 10.5 Å². The fourth-order valence-electron chi connectivity index (χ4n) is 2.23. The van der Waals surface area contributed by atoms with Gasteiger partial charge < -0.3 is 9.84 Å². The minimum Gasteiger partial charge on any atom is -0.360 e. The molecule has 0 spiro atoms. The van der Waals surface area contributed by atoms with Gasteiger partial charge >= 0.3 is 0 Å². The van der Waals surface area contributed by atoms with Crippen molar-refractivity contribution in [3.8, 4) is 0 Å². The number of nitrogens with one attached hydrogen (secondary N) is 1. The Bertz CT molecular complexity index is 959. The number of amides is 1. The van der Waals surface area contributed by atoms with Gasteiger partial charge in [0, 0.05) is 11.0 Å². The van der Waals surface area contributed by atoms with E-state index in [4.69, 9.17) is 4.52 Å². The third-order valence-corrected chi connectivity index (χ3v) is 4.56. The zero-order valence-electron chi connectivity index (χ0n) is 13.6. The predicted octanol–water partition coefficient (Wildman–Crippen LogP) is 4.94. The van der Waals surface area contributed by atoms with Crippen molar-refractivity contribution in [3.05, 3.63) is 76.9 Å². The average molecular weight is 378 g/mol. The normalized spacial score (nSPS) is 10.8. The summed E-state index contributed by atoms with van der Waals surface area (Å²) in [6, 6.07) is 10.2. The molecule has 0 bridgehead atoms. The van der Waals surface area contributed by atoms with E-state index in [-0.39, 0.29) is 5.56 Å². The van der Waals surface area contributed by atoms with E-state index in [0.717, 1.165) is 17.8 Å². The molecule has 1 N–H and O–H groups in total. The summed E-state index contributed by atoms with van der Waals surface area (Å²) in [5.41, 5.74) is 0.595. The van der Waals surface area contributed by atoms with E-state index in [1.807, 2.05) is 0 Å². The number of thioether (sulfide) groups is 1. The Labute approximate surface area is 151 Å². The van der Waals surface area contributed by atoms with Crippen LogP contribution in [-0.4, -0.2) is 11.1 Å². The van der Waals surface area contributed by atoms with E-state index in [0.29, 0.717) is 16.4 Å². The van der Waals surface area contributed by atoms with Gasteiger partial charge in [-0.25, -0.2) is 13.2 Å². The number of hydrogen-bond acceptors (Lipinski definition) is 4. The van der Waals surface area contributed by atoms with E-state index >= 15 is 0 Å².